The van der Waals surface area contributed by atoms with Crippen LogP contribution in [0.2, 0.25) is 0 Å². The Morgan fingerprint density at radius 3 is 2.68 bits per heavy atom. The van der Waals surface area contributed by atoms with Crippen molar-refractivity contribution in [2.45, 2.75) is 19.9 Å². The van der Waals surface area contributed by atoms with Gasteiger partial charge in [-0.15, -0.1) is 0 Å². The van der Waals surface area contributed by atoms with Gasteiger partial charge in [-0.25, -0.2) is 9.69 Å². The van der Waals surface area contributed by atoms with Crippen LogP contribution in [0, 0.1) is 6.92 Å². The van der Waals surface area contributed by atoms with E-state index in [9.17, 15) is 14.7 Å². The largest absolute Gasteiger partial charge is 0.508 e. The van der Waals surface area contributed by atoms with Crippen molar-refractivity contribution < 1.29 is 19.2 Å². The number of aromatic hydroxyl groups is 1. The maximum Gasteiger partial charge on any atom is 0.331 e. The van der Waals surface area contributed by atoms with E-state index in [0.717, 1.165) is 16.0 Å². The van der Waals surface area contributed by atoms with Crippen LogP contribution in [0.25, 0.3) is 0 Å². The second-order valence-electron chi connectivity index (χ2n) is 6.65. The summed E-state index contributed by atoms with van der Waals surface area (Å²) < 4.78 is 6.66. The van der Waals surface area contributed by atoms with Gasteiger partial charge in [0.1, 0.15) is 18.1 Å². The molecule has 0 radical (unpaired) electrons. The number of imide groups is 1. The molecular formula is C19H19N5O4. The zero-order valence-electron chi connectivity index (χ0n) is 15.3. The van der Waals surface area contributed by atoms with Gasteiger partial charge in [-0.05, 0) is 31.0 Å². The topological polar surface area (TPSA) is 105 Å². The second-order valence-corrected chi connectivity index (χ2v) is 6.65. The molecule has 4 rings (SSSR count). The molecule has 1 aromatic carbocycles. The molecule has 28 heavy (non-hydrogen) atoms. The van der Waals surface area contributed by atoms with E-state index in [1.165, 1.54) is 11.1 Å². The standard InChI is InChI=1S/C19H19N5O4/c1-13-15(8-21-28-13)10-23-11-16(9-20-23)24-18(26)12-22(19(24)27)7-6-14-2-4-17(25)5-3-14/h2-5,8-9,11,25H,6-7,10,12H2,1H3. The molecule has 1 aliphatic heterocycles. The van der Waals surface area contributed by atoms with Gasteiger partial charge in [0.15, 0.2) is 0 Å². The molecule has 0 unspecified atom stereocenters. The van der Waals surface area contributed by atoms with Crippen LogP contribution in [0.15, 0.2) is 47.4 Å². The molecule has 0 bridgehead atoms. The van der Waals surface area contributed by atoms with E-state index >= 15 is 0 Å². The number of benzene rings is 1. The molecule has 144 valence electrons. The number of carbonyl (C=O) groups is 2. The van der Waals surface area contributed by atoms with Gasteiger partial charge in [0.2, 0.25) is 0 Å². The van der Waals surface area contributed by atoms with Crippen LogP contribution >= 0.6 is 0 Å². The number of nitrogens with zero attached hydrogens (tertiary/aromatic N) is 5. The molecular weight excluding hydrogens is 362 g/mol. The second kappa shape index (κ2) is 7.18. The molecule has 0 spiro atoms. The Balaban J connectivity index is 1.42. The van der Waals surface area contributed by atoms with Crippen LogP contribution in [0.3, 0.4) is 0 Å². The number of hydrogen-bond donors (Lipinski definition) is 1. The summed E-state index contributed by atoms with van der Waals surface area (Å²) in [7, 11) is 0. The van der Waals surface area contributed by atoms with Crippen LogP contribution in [-0.2, 0) is 17.8 Å². The third kappa shape index (κ3) is 3.46. The number of phenolic OH excluding ortho intramolecular Hbond substituents is 1. The van der Waals surface area contributed by atoms with Gasteiger partial charge in [0.05, 0.1) is 24.6 Å². The number of carbonyl (C=O) groups excluding carboxylic acids is 2. The number of urea groups is 1. The lowest BCUT2D eigenvalue weighted by Gasteiger charge is -2.16. The highest BCUT2D eigenvalue weighted by Gasteiger charge is 2.37. The fourth-order valence-corrected chi connectivity index (χ4v) is 3.11. The molecule has 3 aromatic rings. The number of hydrogen-bond acceptors (Lipinski definition) is 6. The molecule has 1 aliphatic rings. The summed E-state index contributed by atoms with van der Waals surface area (Å²) in [5, 5.41) is 17.3. The molecule has 1 N–H and O–H groups in total. The minimum atomic E-state index is -0.357. The first-order valence-corrected chi connectivity index (χ1v) is 8.83. The SMILES string of the molecule is Cc1oncc1Cn1cc(N2C(=O)CN(CCc3ccc(O)cc3)C2=O)cn1. The highest BCUT2D eigenvalue weighted by molar-refractivity contribution is 6.19. The van der Waals surface area contributed by atoms with E-state index in [-0.39, 0.29) is 24.2 Å². The highest BCUT2D eigenvalue weighted by atomic mass is 16.5. The molecule has 1 fully saturated rings. The Labute approximate surface area is 160 Å². The number of anilines is 1. The zero-order valence-corrected chi connectivity index (χ0v) is 15.3. The number of amides is 3. The predicted molar refractivity (Wildman–Crippen MR) is 98.8 cm³/mol. The van der Waals surface area contributed by atoms with E-state index in [1.54, 1.807) is 41.3 Å². The maximum atomic E-state index is 12.7. The molecule has 2 aromatic heterocycles. The van der Waals surface area contributed by atoms with Crippen molar-refractivity contribution in [1.82, 2.24) is 19.8 Å². The lowest BCUT2D eigenvalue weighted by Crippen LogP contribution is -2.33. The Morgan fingerprint density at radius 2 is 1.96 bits per heavy atom. The fourth-order valence-electron chi connectivity index (χ4n) is 3.11. The van der Waals surface area contributed by atoms with Gasteiger partial charge in [-0.1, -0.05) is 17.3 Å². The van der Waals surface area contributed by atoms with Crippen LogP contribution in [-0.4, -0.2) is 50.0 Å². The monoisotopic (exact) mass is 381 g/mol. The Bertz CT molecular complexity index is 1010. The molecule has 1 saturated heterocycles. The molecule has 9 heteroatoms. The van der Waals surface area contributed by atoms with E-state index in [2.05, 4.69) is 10.3 Å². The summed E-state index contributed by atoms with van der Waals surface area (Å²) in [6.45, 7) is 2.70. The molecule has 0 saturated carbocycles. The minimum absolute atomic E-state index is 0.0346. The predicted octanol–water partition coefficient (Wildman–Crippen LogP) is 1.94. The number of aromatic nitrogens is 3. The number of aryl methyl sites for hydroxylation is 1. The maximum absolute atomic E-state index is 12.7. The Morgan fingerprint density at radius 1 is 1.18 bits per heavy atom. The summed E-state index contributed by atoms with van der Waals surface area (Å²) in [6, 6.07) is 6.44. The Kier molecular flexibility index (Phi) is 4.56. The van der Waals surface area contributed by atoms with Crippen molar-refractivity contribution in [3.05, 3.63) is 59.7 Å². The van der Waals surface area contributed by atoms with Crippen LogP contribution in [0.4, 0.5) is 10.5 Å². The van der Waals surface area contributed by atoms with E-state index in [4.69, 9.17) is 4.52 Å². The first-order chi connectivity index (χ1) is 13.5. The van der Waals surface area contributed by atoms with Crippen LogP contribution in [0.1, 0.15) is 16.9 Å². The summed E-state index contributed by atoms with van der Waals surface area (Å²) in [5.74, 6) is 0.614. The third-order valence-electron chi connectivity index (χ3n) is 4.70. The number of rotatable bonds is 6. The van der Waals surface area contributed by atoms with Crippen molar-refractivity contribution in [1.29, 1.82) is 0 Å². The smallest absolute Gasteiger partial charge is 0.331 e. The van der Waals surface area contributed by atoms with Crippen molar-refractivity contribution in [3.63, 3.8) is 0 Å². The lowest BCUT2D eigenvalue weighted by molar-refractivity contribution is -0.116. The molecule has 0 atom stereocenters. The zero-order chi connectivity index (χ0) is 19.7. The van der Waals surface area contributed by atoms with E-state index < -0.39 is 0 Å². The third-order valence-corrected chi connectivity index (χ3v) is 4.70. The molecule has 9 nitrogen and oxygen atoms in total. The van der Waals surface area contributed by atoms with Crippen LogP contribution in [0.5, 0.6) is 5.75 Å². The van der Waals surface area contributed by atoms with Gasteiger partial charge < -0.3 is 14.5 Å². The van der Waals surface area contributed by atoms with Gasteiger partial charge >= 0.3 is 6.03 Å². The van der Waals surface area contributed by atoms with Crippen molar-refractivity contribution in [2.24, 2.45) is 0 Å². The quantitative estimate of drug-likeness (QED) is 0.655. The van der Waals surface area contributed by atoms with E-state index in [1.807, 2.05) is 6.92 Å². The molecule has 0 aliphatic carbocycles. The Hall–Kier alpha value is -3.62. The first kappa shape index (κ1) is 17.8. The first-order valence-electron chi connectivity index (χ1n) is 8.83. The molecule has 3 amide bonds. The van der Waals surface area contributed by atoms with Gasteiger partial charge in [0.25, 0.3) is 5.91 Å². The normalized spacial score (nSPS) is 14.3. The fraction of sp³-hybridized carbons (Fsp3) is 0.263. The van der Waals surface area contributed by atoms with Gasteiger partial charge in [-0.2, -0.15) is 5.10 Å². The summed E-state index contributed by atoms with van der Waals surface area (Å²) >= 11 is 0. The average molecular weight is 381 g/mol. The van der Waals surface area contributed by atoms with Crippen molar-refractivity contribution >= 4 is 17.6 Å². The summed E-state index contributed by atoms with van der Waals surface area (Å²) in [6.07, 6.45) is 5.38. The molecule has 3 heterocycles. The highest BCUT2D eigenvalue weighted by Crippen LogP contribution is 2.22. The van der Waals surface area contributed by atoms with Crippen LogP contribution < -0.4 is 4.90 Å². The summed E-state index contributed by atoms with van der Waals surface area (Å²) in [4.78, 5) is 27.8. The van der Waals surface area contributed by atoms with Crippen molar-refractivity contribution in [2.75, 3.05) is 18.0 Å². The minimum Gasteiger partial charge on any atom is -0.508 e. The van der Waals surface area contributed by atoms with E-state index in [0.29, 0.717) is 31.0 Å². The van der Waals surface area contributed by atoms with Crippen molar-refractivity contribution in [3.8, 4) is 5.75 Å². The summed E-state index contributed by atoms with van der Waals surface area (Å²) in [5.41, 5.74) is 2.30. The van der Waals surface area contributed by atoms with Gasteiger partial charge in [0, 0.05) is 18.3 Å². The lowest BCUT2D eigenvalue weighted by atomic mass is 10.1. The van der Waals surface area contributed by atoms with Gasteiger partial charge in [-0.3, -0.25) is 9.48 Å². The average Bonchev–Trinajstić information content (AvgIpc) is 3.36. The number of phenols is 1.